The Labute approximate surface area is 99.2 Å². The summed E-state index contributed by atoms with van der Waals surface area (Å²) in [5.41, 5.74) is 2.00. The van der Waals surface area contributed by atoms with Gasteiger partial charge in [-0.15, -0.1) is 0 Å². The van der Waals surface area contributed by atoms with E-state index in [0.29, 0.717) is 0 Å². The Morgan fingerprint density at radius 2 is 2.47 bits per heavy atom. The minimum absolute atomic E-state index is 0.251. The third-order valence-electron chi connectivity index (χ3n) is 3.18. The molecule has 3 heterocycles. The second-order valence-corrected chi connectivity index (χ2v) is 4.25. The Bertz CT molecular complexity index is 478. The highest BCUT2D eigenvalue weighted by Crippen LogP contribution is 2.25. The highest BCUT2D eigenvalue weighted by atomic mass is 16.5. The van der Waals surface area contributed by atoms with Gasteiger partial charge >= 0.3 is 0 Å². The van der Waals surface area contributed by atoms with Crippen LogP contribution in [0.3, 0.4) is 0 Å². The maximum Gasteiger partial charge on any atom is 0.123 e. The molecule has 1 fully saturated rings. The van der Waals surface area contributed by atoms with Crippen LogP contribution in [0.4, 0.5) is 0 Å². The summed E-state index contributed by atoms with van der Waals surface area (Å²) in [6, 6.07) is 2.16. The summed E-state index contributed by atoms with van der Waals surface area (Å²) >= 11 is 0. The van der Waals surface area contributed by atoms with Crippen LogP contribution in [0.15, 0.2) is 29.2 Å². The van der Waals surface area contributed by atoms with Gasteiger partial charge in [0.05, 0.1) is 36.6 Å². The van der Waals surface area contributed by atoms with Gasteiger partial charge in [-0.05, 0) is 12.5 Å². The highest BCUT2D eigenvalue weighted by Gasteiger charge is 2.27. The summed E-state index contributed by atoms with van der Waals surface area (Å²) in [4.78, 5) is 7.72. The first kappa shape index (κ1) is 10.6. The van der Waals surface area contributed by atoms with Gasteiger partial charge in [-0.25, -0.2) is 4.98 Å². The molecule has 5 nitrogen and oxygen atoms in total. The lowest BCUT2D eigenvalue weighted by atomic mass is 10.2. The first-order valence-corrected chi connectivity index (χ1v) is 5.70. The molecule has 0 amide bonds. The zero-order valence-electron chi connectivity index (χ0n) is 9.64. The minimum atomic E-state index is 0.251. The number of H-pyrrole nitrogens is 1. The molecule has 1 saturated heterocycles. The van der Waals surface area contributed by atoms with Crippen molar-refractivity contribution < 1.29 is 9.15 Å². The van der Waals surface area contributed by atoms with Crippen LogP contribution in [0.25, 0.3) is 11.3 Å². The number of imidazole rings is 1. The second kappa shape index (κ2) is 4.35. The predicted octanol–water partition coefficient (Wildman–Crippen LogP) is 1.72. The molecular weight excluding hydrogens is 218 g/mol. The van der Waals surface area contributed by atoms with Crippen molar-refractivity contribution in [3.8, 4) is 11.3 Å². The van der Waals surface area contributed by atoms with Gasteiger partial charge in [-0.1, -0.05) is 0 Å². The summed E-state index contributed by atoms with van der Waals surface area (Å²) in [6.45, 7) is 0.878. The smallest absolute Gasteiger partial charge is 0.123 e. The third kappa shape index (κ3) is 1.99. The van der Waals surface area contributed by atoms with E-state index in [9.17, 15) is 0 Å². The van der Waals surface area contributed by atoms with Gasteiger partial charge in [0.2, 0.25) is 0 Å². The molecule has 2 aromatic heterocycles. The molecule has 0 radical (unpaired) electrons. The molecule has 0 spiro atoms. The topological polar surface area (TPSA) is 63.1 Å². The van der Waals surface area contributed by atoms with Crippen LogP contribution < -0.4 is 5.32 Å². The van der Waals surface area contributed by atoms with Crippen LogP contribution in [-0.2, 0) is 4.74 Å². The van der Waals surface area contributed by atoms with E-state index in [1.54, 1.807) is 19.6 Å². The van der Waals surface area contributed by atoms with Crippen molar-refractivity contribution >= 4 is 0 Å². The maximum atomic E-state index is 5.32. The Hall–Kier alpha value is -1.59. The van der Waals surface area contributed by atoms with Crippen LogP contribution in [-0.4, -0.2) is 29.7 Å². The Morgan fingerprint density at radius 1 is 1.53 bits per heavy atom. The molecule has 90 valence electrons. The summed E-state index contributed by atoms with van der Waals surface area (Å²) in [5, 5.41) is 3.39. The molecule has 0 saturated carbocycles. The number of hydrogen-bond acceptors (Lipinski definition) is 4. The standard InChI is InChI=1S/C12H15N3O2/c1-16-9-4-10(13-5-9)12-14-6-11(15-12)8-2-3-17-7-8/h2-3,6-7,9-10,13H,4-5H2,1H3,(H,14,15). The molecular formula is C12H15N3O2. The number of ether oxygens (including phenoxy) is 1. The quantitative estimate of drug-likeness (QED) is 0.847. The zero-order chi connectivity index (χ0) is 11.7. The molecule has 0 aromatic carbocycles. The molecule has 2 unspecified atom stereocenters. The average molecular weight is 233 g/mol. The number of nitrogens with zero attached hydrogens (tertiary/aromatic N) is 1. The highest BCUT2D eigenvalue weighted by molar-refractivity contribution is 5.56. The normalized spacial score (nSPS) is 24.3. The van der Waals surface area contributed by atoms with E-state index in [0.717, 1.165) is 30.0 Å². The number of methoxy groups -OCH3 is 1. The van der Waals surface area contributed by atoms with Gasteiger partial charge in [0.15, 0.2) is 0 Å². The van der Waals surface area contributed by atoms with Crippen molar-refractivity contribution in [3.05, 3.63) is 30.6 Å². The van der Waals surface area contributed by atoms with Crippen molar-refractivity contribution in [1.29, 1.82) is 0 Å². The van der Waals surface area contributed by atoms with E-state index in [2.05, 4.69) is 15.3 Å². The monoisotopic (exact) mass is 233 g/mol. The predicted molar refractivity (Wildman–Crippen MR) is 62.4 cm³/mol. The van der Waals surface area contributed by atoms with Crippen LogP contribution in [0.5, 0.6) is 0 Å². The first-order chi connectivity index (χ1) is 8.36. The van der Waals surface area contributed by atoms with Gasteiger partial charge < -0.3 is 19.5 Å². The van der Waals surface area contributed by atoms with Crippen molar-refractivity contribution in [2.45, 2.75) is 18.6 Å². The van der Waals surface area contributed by atoms with Crippen LogP contribution in [0.1, 0.15) is 18.3 Å². The van der Waals surface area contributed by atoms with E-state index < -0.39 is 0 Å². The summed E-state index contributed by atoms with van der Waals surface area (Å²) in [6.07, 6.45) is 6.43. The fourth-order valence-corrected chi connectivity index (χ4v) is 2.17. The van der Waals surface area contributed by atoms with Gasteiger partial charge in [0.25, 0.3) is 0 Å². The average Bonchev–Trinajstić information content (AvgIpc) is 3.09. The molecule has 0 bridgehead atoms. The van der Waals surface area contributed by atoms with Crippen molar-refractivity contribution in [2.75, 3.05) is 13.7 Å². The third-order valence-corrected chi connectivity index (χ3v) is 3.18. The molecule has 1 aliphatic heterocycles. The van der Waals surface area contributed by atoms with Crippen LogP contribution >= 0.6 is 0 Å². The van der Waals surface area contributed by atoms with Crippen molar-refractivity contribution in [1.82, 2.24) is 15.3 Å². The number of hydrogen-bond donors (Lipinski definition) is 2. The first-order valence-electron chi connectivity index (χ1n) is 5.70. The minimum Gasteiger partial charge on any atom is -0.472 e. The summed E-state index contributed by atoms with van der Waals surface area (Å²) < 4.78 is 10.4. The number of furan rings is 1. The van der Waals surface area contributed by atoms with Crippen molar-refractivity contribution in [2.24, 2.45) is 0 Å². The van der Waals surface area contributed by atoms with Gasteiger partial charge in [-0.2, -0.15) is 0 Å². The lowest BCUT2D eigenvalue weighted by Gasteiger charge is -2.06. The molecule has 17 heavy (non-hydrogen) atoms. The number of aromatic nitrogens is 2. The molecule has 2 N–H and O–H groups in total. The SMILES string of the molecule is COC1CNC(c2ncc(-c3ccoc3)[nH]2)C1. The summed E-state index contributed by atoms with van der Waals surface area (Å²) in [5.74, 6) is 0.959. The molecule has 2 atom stereocenters. The zero-order valence-corrected chi connectivity index (χ0v) is 9.64. The Balaban J connectivity index is 1.77. The lowest BCUT2D eigenvalue weighted by molar-refractivity contribution is 0.117. The van der Waals surface area contributed by atoms with Crippen molar-refractivity contribution in [3.63, 3.8) is 0 Å². The fourth-order valence-electron chi connectivity index (χ4n) is 2.17. The van der Waals surface area contributed by atoms with E-state index in [1.165, 1.54) is 0 Å². The lowest BCUT2D eigenvalue weighted by Crippen LogP contribution is -2.16. The maximum absolute atomic E-state index is 5.32. The molecule has 5 heteroatoms. The van der Waals surface area contributed by atoms with E-state index >= 15 is 0 Å². The Morgan fingerprint density at radius 3 is 3.18 bits per heavy atom. The van der Waals surface area contributed by atoms with Crippen LogP contribution in [0.2, 0.25) is 0 Å². The molecule has 0 aliphatic carbocycles. The number of nitrogens with one attached hydrogen (secondary N) is 2. The number of aromatic amines is 1. The molecule has 3 rings (SSSR count). The largest absolute Gasteiger partial charge is 0.472 e. The van der Waals surface area contributed by atoms with Gasteiger partial charge in [0, 0.05) is 19.2 Å². The fraction of sp³-hybridized carbons (Fsp3) is 0.417. The van der Waals surface area contributed by atoms with E-state index in [1.807, 2.05) is 12.3 Å². The van der Waals surface area contributed by atoms with Gasteiger partial charge in [0.1, 0.15) is 5.82 Å². The Kier molecular flexibility index (Phi) is 2.70. The second-order valence-electron chi connectivity index (χ2n) is 4.25. The molecule has 1 aliphatic rings. The number of rotatable bonds is 3. The van der Waals surface area contributed by atoms with E-state index in [4.69, 9.17) is 9.15 Å². The van der Waals surface area contributed by atoms with Gasteiger partial charge in [-0.3, -0.25) is 0 Å². The van der Waals surface area contributed by atoms with E-state index in [-0.39, 0.29) is 12.1 Å². The molecule has 2 aromatic rings. The van der Waals surface area contributed by atoms with Crippen LogP contribution in [0, 0.1) is 0 Å². The summed E-state index contributed by atoms with van der Waals surface area (Å²) in [7, 11) is 1.74.